The van der Waals surface area contributed by atoms with Gasteiger partial charge in [-0.1, -0.05) is 13.8 Å². The van der Waals surface area contributed by atoms with Crippen LogP contribution in [0.25, 0.3) is 0 Å². The van der Waals surface area contributed by atoms with Crippen molar-refractivity contribution in [1.82, 2.24) is 9.80 Å². The Hall–Kier alpha value is -0.910. The second-order valence-electron chi connectivity index (χ2n) is 5.50. The zero-order valence-corrected chi connectivity index (χ0v) is 13.0. The molecule has 4 nitrogen and oxygen atoms in total. The number of carbonyl (C=O) groups is 1. The summed E-state index contributed by atoms with van der Waals surface area (Å²) >= 11 is 1.38. The van der Waals surface area contributed by atoms with Crippen LogP contribution in [0.4, 0.5) is 0 Å². The van der Waals surface area contributed by atoms with Gasteiger partial charge in [-0.25, -0.2) is 4.79 Å². The first-order valence-electron chi connectivity index (χ1n) is 6.57. The number of aromatic carboxylic acids is 1. The molecule has 0 saturated heterocycles. The smallest absolute Gasteiger partial charge is 0.345 e. The summed E-state index contributed by atoms with van der Waals surface area (Å²) in [6.45, 7) is 8.31. The fourth-order valence-corrected chi connectivity index (χ4v) is 2.78. The highest BCUT2D eigenvalue weighted by Gasteiger charge is 2.12. The molecule has 1 aromatic rings. The fraction of sp³-hybridized carbons (Fsp3) is 0.643. The van der Waals surface area contributed by atoms with E-state index in [4.69, 9.17) is 5.11 Å². The predicted octanol–water partition coefficient (Wildman–Crippen LogP) is 2.47. The van der Waals surface area contributed by atoms with Gasteiger partial charge in [-0.05, 0) is 32.1 Å². The zero-order valence-electron chi connectivity index (χ0n) is 12.2. The van der Waals surface area contributed by atoms with E-state index in [9.17, 15) is 4.79 Å². The van der Waals surface area contributed by atoms with Crippen LogP contribution < -0.4 is 0 Å². The Labute approximate surface area is 119 Å². The minimum atomic E-state index is -0.833. The second kappa shape index (κ2) is 7.62. The van der Waals surface area contributed by atoms with Gasteiger partial charge in [-0.3, -0.25) is 4.90 Å². The average Bonchev–Trinajstić information content (AvgIpc) is 2.73. The number of rotatable bonds is 8. The van der Waals surface area contributed by atoms with Crippen molar-refractivity contribution in [2.75, 3.05) is 33.7 Å². The quantitative estimate of drug-likeness (QED) is 0.796. The van der Waals surface area contributed by atoms with Crippen LogP contribution >= 0.6 is 11.3 Å². The number of hydrogen-bond donors (Lipinski definition) is 1. The molecule has 1 aromatic heterocycles. The molecule has 0 saturated carbocycles. The molecule has 1 N–H and O–H groups in total. The van der Waals surface area contributed by atoms with Gasteiger partial charge in [0, 0.05) is 31.1 Å². The third kappa shape index (κ3) is 6.18. The lowest BCUT2D eigenvalue weighted by Gasteiger charge is -2.25. The second-order valence-corrected chi connectivity index (χ2v) is 6.67. The summed E-state index contributed by atoms with van der Waals surface area (Å²) in [6.07, 6.45) is 0. The first-order chi connectivity index (χ1) is 8.88. The topological polar surface area (TPSA) is 43.8 Å². The van der Waals surface area contributed by atoms with Crippen LogP contribution in [-0.4, -0.2) is 54.6 Å². The Kier molecular flexibility index (Phi) is 6.48. The van der Waals surface area contributed by atoms with E-state index in [0.717, 1.165) is 31.1 Å². The molecule has 0 atom stereocenters. The molecule has 0 radical (unpaired) electrons. The summed E-state index contributed by atoms with van der Waals surface area (Å²) in [5.41, 5.74) is 0. The summed E-state index contributed by atoms with van der Waals surface area (Å²) in [5, 5.41) is 8.94. The van der Waals surface area contributed by atoms with Crippen molar-refractivity contribution in [2.45, 2.75) is 20.4 Å². The van der Waals surface area contributed by atoms with Gasteiger partial charge in [0.15, 0.2) is 0 Å². The predicted molar refractivity (Wildman–Crippen MR) is 79.9 cm³/mol. The minimum absolute atomic E-state index is 0.423. The SMILES string of the molecule is CC(C)CN(CCN(C)C)Cc1ccc(C(=O)O)s1. The molecule has 0 aliphatic carbocycles. The van der Waals surface area contributed by atoms with Crippen LogP contribution in [0.3, 0.4) is 0 Å². The molecule has 1 heterocycles. The van der Waals surface area contributed by atoms with Crippen molar-refractivity contribution in [3.8, 4) is 0 Å². The van der Waals surface area contributed by atoms with Crippen molar-refractivity contribution in [1.29, 1.82) is 0 Å². The van der Waals surface area contributed by atoms with Crippen LogP contribution in [0.2, 0.25) is 0 Å². The molecule has 0 unspecified atom stereocenters. The lowest BCUT2D eigenvalue weighted by molar-refractivity contribution is 0.0702. The Morgan fingerprint density at radius 2 is 2.00 bits per heavy atom. The number of thiophene rings is 1. The Balaban J connectivity index is 2.61. The third-order valence-electron chi connectivity index (χ3n) is 2.74. The fourth-order valence-electron chi connectivity index (χ4n) is 1.89. The summed E-state index contributed by atoms with van der Waals surface area (Å²) in [6, 6.07) is 3.62. The first-order valence-corrected chi connectivity index (χ1v) is 7.39. The highest BCUT2D eigenvalue weighted by atomic mass is 32.1. The Morgan fingerprint density at radius 3 is 2.47 bits per heavy atom. The summed E-state index contributed by atoms with van der Waals surface area (Å²) in [5.74, 6) is -0.221. The van der Waals surface area contributed by atoms with Crippen LogP contribution in [0.5, 0.6) is 0 Å². The lowest BCUT2D eigenvalue weighted by atomic mass is 10.2. The van der Waals surface area contributed by atoms with Gasteiger partial charge in [-0.15, -0.1) is 11.3 Å². The molecule has 0 amide bonds. The number of hydrogen-bond acceptors (Lipinski definition) is 4. The molecular weight excluding hydrogens is 260 g/mol. The molecular formula is C14H24N2O2S. The van der Waals surface area contributed by atoms with Gasteiger partial charge in [-0.2, -0.15) is 0 Å². The first kappa shape index (κ1) is 16.1. The van der Waals surface area contributed by atoms with E-state index in [0.29, 0.717) is 10.8 Å². The minimum Gasteiger partial charge on any atom is -0.477 e. The standard InChI is InChI=1S/C14H24N2O2S/c1-11(2)9-16(8-7-15(3)4)10-12-5-6-13(19-12)14(17)18/h5-6,11H,7-10H2,1-4H3,(H,17,18). The monoisotopic (exact) mass is 284 g/mol. The van der Waals surface area contributed by atoms with Gasteiger partial charge in [0.2, 0.25) is 0 Å². The lowest BCUT2D eigenvalue weighted by Crippen LogP contribution is -2.33. The average molecular weight is 284 g/mol. The van der Waals surface area contributed by atoms with E-state index < -0.39 is 5.97 Å². The van der Waals surface area contributed by atoms with E-state index in [1.165, 1.54) is 11.3 Å². The van der Waals surface area contributed by atoms with E-state index in [2.05, 4.69) is 37.7 Å². The molecule has 0 spiro atoms. The molecule has 5 heteroatoms. The largest absolute Gasteiger partial charge is 0.477 e. The van der Waals surface area contributed by atoms with Gasteiger partial charge in [0.05, 0.1) is 0 Å². The zero-order chi connectivity index (χ0) is 14.4. The van der Waals surface area contributed by atoms with Crippen molar-refractivity contribution in [3.63, 3.8) is 0 Å². The normalized spacial score (nSPS) is 11.7. The molecule has 0 aliphatic heterocycles. The molecule has 0 bridgehead atoms. The molecule has 0 aromatic carbocycles. The van der Waals surface area contributed by atoms with Gasteiger partial charge in [0.1, 0.15) is 4.88 Å². The van der Waals surface area contributed by atoms with E-state index in [1.807, 2.05) is 6.07 Å². The van der Waals surface area contributed by atoms with Gasteiger partial charge >= 0.3 is 5.97 Å². The van der Waals surface area contributed by atoms with Crippen LogP contribution in [-0.2, 0) is 6.54 Å². The maximum Gasteiger partial charge on any atom is 0.345 e. The summed E-state index contributed by atoms with van der Waals surface area (Å²) in [4.78, 5) is 17.0. The van der Waals surface area contributed by atoms with Crippen molar-refractivity contribution in [3.05, 3.63) is 21.9 Å². The molecule has 19 heavy (non-hydrogen) atoms. The van der Waals surface area contributed by atoms with Crippen LogP contribution in [0.15, 0.2) is 12.1 Å². The van der Waals surface area contributed by atoms with E-state index in [-0.39, 0.29) is 0 Å². The molecule has 0 fully saturated rings. The van der Waals surface area contributed by atoms with E-state index >= 15 is 0 Å². The summed E-state index contributed by atoms with van der Waals surface area (Å²) in [7, 11) is 4.14. The Bertz CT molecular complexity index is 402. The van der Waals surface area contributed by atoms with Crippen LogP contribution in [0, 0.1) is 5.92 Å². The van der Waals surface area contributed by atoms with Gasteiger partial charge < -0.3 is 10.0 Å². The highest BCUT2D eigenvalue weighted by molar-refractivity contribution is 7.13. The highest BCUT2D eigenvalue weighted by Crippen LogP contribution is 2.18. The Morgan fingerprint density at radius 1 is 1.32 bits per heavy atom. The number of carboxylic acids is 1. The molecule has 1 rings (SSSR count). The molecule has 0 aliphatic rings. The number of likely N-dealkylation sites (N-methyl/N-ethyl adjacent to an activating group) is 1. The van der Waals surface area contributed by atoms with E-state index in [1.54, 1.807) is 6.07 Å². The van der Waals surface area contributed by atoms with Crippen molar-refractivity contribution >= 4 is 17.3 Å². The maximum atomic E-state index is 10.9. The summed E-state index contributed by atoms with van der Waals surface area (Å²) < 4.78 is 0. The van der Waals surface area contributed by atoms with Crippen molar-refractivity contribution < 1.29 is 9.90 Å². The van der Waals surface area contributed by atoms with Crippen LogP contribution in [0.1, 0.15) is 28.4 Å². The third-order valence-corrected chi connectivity index (χ3v) is 3.80. The maximum absolute atomic E-state index is 10.9. The molecule has 108 valence electrons. The van der Waals surface area contributed by atoms with Gasteiger partial charge in [0.25, 0.3) is 0 Å². The van der Waals surface area contributed by atoms with Crippen molar-refractivity contribution in [2.24, 2.45) is 5.92 Å². The number of nitrogens with zero attached hydrogens (tertiary/aromatic N) is 2. The number of carboxylic acid groups (broad SMARTS) is 1.